The van der Waals surface area contributed by atoms with Gasteiger partial charge in [0.2, 0.25) is 5.91 Å². The second kappa shape index (κ2) is 5.72. The maximum Gasteiger partial charge on any atom is 0.355 e. The highest BCUT2D eigenvalue weighted by Gasteiger charge is 2.59. The number of anilines is 1. The fraction of sp³-hybridized carbons (Fsp3) is 0.286. The monoisotopic (exact) mass is 332 g/mol. The molecule has 0 spiro atoms. The summed E-state index contributed by atoms with van der Waals surface area (Å²) in [7, 11) is 2.59. The molecule has 0 aromatic heterocycles. The summed E-state index contributed by atoms with van der Waals surface area (Å²) in [6.45, 7) is 0. The number of esters is 1. The van der Waals surface area contributed by atoms with Crippen LogP contribution in [0.15, 0.2) is 34.7 Å². The predicted molar refractivity (Wildman–Crippen MR) is 79.9 cm³/mol. The molecule has 2 unspecified atom stereocenters. The van der Waals surface area contributed by atoms with Gasteiger partial charge in [0.25, 0.3) is 5.91 Å². The van der Waals surface area contributed by atoms with Gasteiger partial charge in [0, 0.05) is 0 Å². The second-order valence-electron chi connectivity index (χ2n) is 5.01. The first-order valence-corrected chi connectivity index (χ1v) is 6.84. The number of nitroso groups, excluding NO2 is 1. The molecule has 0 bridgehead atoms. The quantitative estimate of drug-likeness (QED) is 0.435. The van der Waals surface area contributed by atoms with E-state index in [1.165, 1.54) is 19.2 Å². The lowest BCUT2D eigenvalue weighted by molar-refractivity contribution is -0.133. The van der Waals surface area contributed by atoms with Crippen molar-refractivity contribution in [1.82, 2.24) is 5.12 Å². The number of rotatable bonds is 4. The molecule has 2 aliphatic rings. The molecule has 10 heteroatoms. The molecule has 1 saturated heterocycles. The van der Waals surface area contributed by atoms with E-state index >= 15 is 0 Å². The van der Waals surface area contributed by atoms with Gasteiger partial charge in [-0.15, -0.1) is 15.1 Å². The van der Waals surface area contributed by atoms with Gasteiger partial charge in [-0.3, -0.25) is 9.59 Å². The topological polar surface area (TPSA) is 118 Å². The van der Waals surface area contributed by atoms with Crippen molar-refractivity contribution in [3.8, 4) is 5.75 Å². The number of carbonyl (C=O) groups is 3. The molecule has 24 heavy (non-hydrogen) atoms. The highest BCUT2D eigenvalue weighted by Crippen LogP contribution is 2.35. The van der Waals surface area contributed by atoms with Crippen LogP contribution in [0.3, 0.4) is 0 Å². The van der Waals surface area contributed by atoms with Crippen LogP contribution in [0.2, 0.25) is 0 Å². The van der Waals surface area contributed by atoms with Gasteiger partial charge >= 0.3 is 5.97 Å². The molecular formula is C14H12N4O6. The second-order valence-corrected chi connectivity index (χ2v) is 5.01. The average molecular weight is 332 g/mol. The van der Waals surface area contributed by atoms with Crippen molar-refractivity contribution in [3.63, 3.8) is 0 Å². The van der Waals surface area contributed by atoms with Crippen LogP contribution in [0.4, 0.5) is 5.69 Å². The minimum Gasteiger partial charge on any atom is -0.497 e. The van der Waals surface area contributed by atoms with Crippen LogP contribution >= 0.6 is 0 Å². The number of hydrogen-bond donors (Lipinski definition) is 0. The Morgan fingerprint density at radius 3 is 2.38 bits per heavy atom. The van der Waals surface area contributed by atoms with Crippen molar-refractivity contribution in [2.75, 3.05) is 19.1 Å². The third kappa shape index (κ3) is 2.11. The van der Waals surface area contributed by atoms with Gasteiger partial charge in [0.05, 0.1) is 25.2 Å². The number of imide groups is 1. The third-order valence-corrected chi connectivity index (χ3v) is 3.84. The molecule has 0 N–H and O–H groups in total. The number of nitrogens with zero attached hydrogens (tertiary/aromatic N) is 4. The molecule has 3 rings (SSSR count). The van der Waals surface area contributed by atoms with Crippen LogP contribution < -0.4 is 9.64 Å². The van der Waals surface area contributed by atoms with Crippen LogP contribution in [-0.2, 0) is 19.1 Å². The number of benzene rings is 1. The number of carbonyl (C=O) groups excluding carboxylic acids is 3. The van der Waals surface area contributed by atoms with Crippen LogP contribution in [0, 0.1) is 10.8 Å². The molecule has 0 saturated carbocycles. The number of amides is 2. The number of hydrazone groups is 1. The first-order valence-electron chi connectivity index (χ1n) is 6.84. The first-order chi connectivity index (χ1) is 11.5. The van der Waals surface area contributed by atoms with Crippen LogP contribution in [0.25, 0.3) is 0 Å². The van der Waals surface area contributed by atoms with Crippen molar-refractivity contribution in [3.05, 3.63) is 29.2 Å². The molecule has 2 aliphatic heterocycles. The van der Waals surface area contributed by atoms with Crippen LogP contribution in [0.5, 0.6) is 5.75 Å². The zero-order chi connectivity index (χ0) is 17.4. The molecule has 1 aromatic rings. The van der Waals surface area contributed by atoms with Gasteiger partial charge in [-0.1, -0.05) is 0 Å². The van der Waals surface area contributed by atoms with E-state index in [2.05, 4.69) is 15.1 Å². The van der Waals surface area contributed by atoms with Gasteiger partial charge in [-0.2, -0.15) is 0 Å². The fourth-order valence-electron chi connectivity index (χ4n) is 2.72. The summed E-state index contributed by atoms with van der Waals surface area (Å²) in [5, 5.41) is 6.76. The summed E-state index contributed by atoms with van der Waals surface area (Å²) in [5.74, 6) is -2.95. The Labute approximate surface area is 135 Å². The van der Waals surface area contributed by atoms with E-state index in [-0.39, 0.29) is 11.4 Å². The van der Waals surface area contributed by atoms with Gasteiger partial charge in [0.1, 0.15) is 11.7 Å². The van der Waals surface area contributed by atoms with E-state index < -0.39 is 29.7 Å². The Morgan fingerprint density at radius 2 is 1.83 bits per heavy atom. The van der Waals surface area contributed by atoms with E-state index in [9.17, 15) is 19.3 Å². The van der Waals surface area contributed by atoms with Gasteiger partial charge in [0.15, 0.2) is 11.8 Å². The largest absolute Gasteiger partial charge is 0.497 e. The van der Waals surface area contributed by atoms with E-state index in [0.29, 0.717) is 10.9 Å². The van der Waals surface area contributed by atoms with E-state index in [4.69, 9.17) is 4.74 Å². The fourth-order valence-corrected chi connectivity index (χ4v) is 2.72. The summed E-state index contributed by atoms with van der Waals surface area (Å²) >= 11 is 0. The lowest BCUT2D eigenvalue weighted by Gasteiger charge is -2.16. The molecule has 1 fully saturated rings. The summed E-state index contributed by atoms with van der Waals surface area (Å²) in [5.41, 5.74) is -0.0354. The van der Waals surface area contributed by atoms with Crippen molar-refractivity contribution in [2.24, 2.45) is 16.3 Å². The highest BCUT2D eigenvalue weighted by atomic mass is 16.5. The minimum atomic E-state index is -1.29. The van der Waals surface area contributed by atoms with Gasteiger partial charge < -0.3 is 9.47 Å². The highest BCUT2D eigenvalue weighted by molar-refractivity contribution is 6.46. The summed E-state index contributed by atoms with van der Waals surface area (Å²) in [4.78, 5) is 48.8. The molecule has 1 aromatic carbocycles. The lowest BCUT2D eigenvalue weighted by Crippen LogP contribution is -2.36. The maximum absolute atomic E-state index is 12.7. The zero-order valence-electron chi connectivity index (χ0n) is 12.7. The van der Waals surface area contributed by atoms with Crippen LogP contribution in [0.1, 0.15) is 0 Å². The van der Waals surface area contributed by atoms with Gasteiger partial charge in [-0.05, 0) is 24.3 Å². The third-order valence-electron chi connectivity index (χ3n) is 3.84. The standard InChI is InChI=1S/C14H12N4O6/c1-23-8-5-3-7(4-6-8)17-12(19)9-10(14(21)24-2)15-18(16-22)11(9)13(17)20/h3-6,9,11H,1-2H3. The molecule has 0 radical (unpaired) electrons. The molecule has 10 nitrogen and oxygen atoms in total. The Bertz CT molecular complexity index is 759. The van der Waals surface area contributed by atoms with Crippen LogP contribution in [-0.4, -0.2) is 48.9 Å². The molecule has 2 atom stereocenters. The zero-order valence-corrected chi connectivity index (χ0v) is 12.7. The average Bonchev–Trinajstić information content (AvgIpc) is 3.11. The number of ether oxygens (including phenoxy) is 2. The van der Waals surface area contributed by atoms with E-state index in [0.717, 1.165) is 12.0 Å². The van der Waals surface area contributed by atoms with E-state index in [1.807, 2.05) is 0 Å². The molecule has 2 heterocycles. The molecule has 124 valence electrons. The Hall–Kier alpha value is -3.30. The number of fused-ring (bicyclic) bond motifs is 1. The molecule has 2 amide bonds. The normalized spacial score (nSPS) is 22.3. The van der Waals surface area contributed by atoms with Crippen molar-refractivity contribution in [1.29, 1.82) is 0 Å². The number of methoxy groups -OCH3 is 2. The number of hydrogen-bond acceptors (Lipinski definition) is 8. The molecule has 0 aliphatic carbocycles. The minimum absolute atomic E-state index is 0.287. The lowest BCUT2D eigenvalue weighted by atomic mass is 9.98. The van der Waals surface area contributed by atoms with Crippen molar-refractivity contribution >= 4 is 29.2 Å². The molecular weight excluding hydrogens is 320 g/mol. The van der Waals surface area contributed by atoms with Crippen molar-refractivity contribution in [2.45, 2.75) is 6.04 Å². The Kier molecular flexibility index (Phi) is 3.72. The van der Waals surface area contributed by atoms with E-state index in [1.54, 1.807) is 12.1 Å². The smallest absolute Gasteiger partial charge is 0.355 e. The Morgan fingerprint density at radius 1 is 1.17 bits per heavy atom. The maximum atomic E-state index is 12.7. The summed E-state index contributed by atoms with van der Waals surface area (Å²) < 4.78 is 9.58. The van der Waals surface area contributed by atoms with Crippen molar-refractivity contribution < 1.29 is 23.9 Å². The van der Waals surface area contributed by atoms with Gasteiger partial charge in [-0.25, -0.2) is 9.69 Å². The first kappa shape index (κ1) is 15.6. The SMILES string of the molecule is COC(=O)C1=NN(N=O)C2C(=O)N(c3ccc(OC)cc3)C(=O)C12. The summed E-state index contributed by atoms with van der Waals surface area (Å²) in [6, 6.07) is 4.91. The predicted octanol–water partition coefficient (Wildman–Crippen LogP) is 0.0792. The summed E-state index contributed by atoms with van der Waals surface area (Å²) in [6.07, 6.45) is 0. The Balaban J connectivity index is 2.00.